The van der Waals surface area contributed by atoms with Gasteiger partial charge in [0.25, 0.3) is 0 Å². The molecule has 0 radical (unpaired) electrons. The topological polar surface area (TPSA) is 0 Å². The molecule has 0 fully saturated rings. The van der Waals surface area contributed by atoms with Gasteiger partial charge in [-0.25, -0.2) is 0 Å². The predicted octanol–water partition coefficient (Wildman–Crippen LogP) is 0.526. The average Bonchev–Trinajstić information content (AvgIpc) is 2.65. The Bertz CT molecular complexity index is 503. The molecule has 0 heterocycles. The van der Waals surface area contributed by atoms with Gasteiger partial charge in [0.1, 0.15) is 0 Å². The third-order valence-electron chi connectivity index (χ3n) is 2.68. The van der Waals surface area contributed by atoms with Gasteiger partial charge in [0.2, 0.25) is 0 Å². The number of hydrogen-bond acceptors (Lipinski definition) is 0. The summed E-state index contributed by atoms with van der Waals surface area (Å²) < 4.78 is 0. The number of rotatable bonds is 0. The van der Waals surface area contributed by atoms with E-state index in [4.69, 9.17) is 0 Å². The molecule has 14 heavy (non-hydrogen) atoms. The van der Waals surface area contributed by atoms with E-state index < -0.39 is 0 Å². The quantitative estimate of drug-likeness (QED) is 0.511. The molecule has 0 atom stereocenters. The van der Waals surface area contributed by atoms with E-state index in [9.17, 15) is 0 Å². The van der Waals surface area contributed by atoms with E-state index in [-0.39, 0.29) is 20.3 Å². The first-order valence-corrected chi connectivity index (χ1v) is 4.62. The van der Waals surface area contributed by atoms with Crippen molar-refractivity contribution in [2.24, 2.45) is 0 Å². The number of benzene rings is 2. The molecule has 0 amide bonds. The van der Waals surface area contributed by atoms with Crippen LogP contribution in [0.2, 0.25) is 0 Å². The van der Waals surface area contributed by atoms with Crippen LogP contribution in [-0.2, 0) is 6.42 Å². The summed E-state index contributed by atoms with van der Waals surface area (Å²) >= 11 is 0. The van der Waals surface area contributed by atoms with Crippen LogP contribution < -0.4 is 18.9 Å². The Morgan fingerprint density at radius 3 is 2.79 bits per heavy atom. The predicted molar refractivity (Wildman–Crippen MR) is 57.8 cm³/mol. The maximum Gasteiger partial charge on any atom is 1.00 e. The summed E-state index contributed by atoms with van der Waals surface area (Å²) in [6, 6.07) is 13.0. The van der Waals surface area contributed by atoms with Crippen LogP contribution >= 0.6 is 0 Å². The van der Waals surface area contributed by atoms with Crippen molar-refractivity contribution in [2.45, 2.75) is 6.42 Å². The minimum atomic E-state index is 0. The third-order valence-corrected chi connectivity index (χ3v) is 2.68. The first-order chi connectivity index (χ1) is 6.45. The molecule has 2 aromatic carbocycles. The second-order valence-electron chi connectivity index (χ2n) is 3.47. The molecule has 64 valence electrons. The number of allylic oxidation sites excluding steroid dienone is 1. The van der Waals surface area contributed by atoms with Crippen LogP contribution in [0, 0.1) is 0 Å². The molecule has 0 aliphatic heterocycles. The summed E-state index contributed by atoms with van der Waals surface area (Å²) in [5.74, 6) is 0. The minimum absolute atomic E-state index is 0. The SMILES string of the molecule is C1=Cc2c(ccc3ccccc23)C1.[H-].[Li+]. The molecule has 0 nitrogen and oxygen atoms in total. The van der Waals surface area contributed by atoms with Gasteiger partial charge in [-0.1, -0.05) is 48.6 Å². The zero-order valence-electron chi connectivity index (χ0n) is 9.33. The van der Waals surface area contributed by atoms with Gasteiger partial charge in [-0.05, 0) is 28.3 Å². The fourth-order valence-electron chi connectivity index (χ4n) is 2.02. The van der Waals surface area contributed by atoms with E-state index in [0.717, 1.165) is 6.42 Å². The molecule has 0 N–H and O–H groups in total. The van der Waals surface area contributed by atoms with Gasteiger partial charge in [0.15, 0.2) is 0 Å². The third kappa shape index (κ3) is 1.32. The molecule has 0 saturated carbocycles. The molecule has 3 rings (SSSR count). The molecule has 2 aromatic rings. The minimum Gasteiger partial charge on any atom is -1.00 e. The monoisotopic (exact) mass is 174 g/mol. The molecular formula is C13H11Li. The van der Waals surface area contributed by atoms with E-state index in [1.54, 1.807) is 0 Å². The molecule has 0 saturated heterocycles. The van der Waals surface area contributed by atoms with Crippen molar-refractivity contribution in [1.82, 2.24) is 0 Å². The van der Waals surface area contributed by atoms with Gasteiger partial charge in [-0.15, -0.1) is 0 Å². The van der Waals surface area contributed by atoms with Gasteiger partial charge in [0, 0.05) is 0 Å². The molecule has 0 aromatic heterocycles. The molecule has 0 spiro atoms. The number of hydrogen-bond donors (Lipinski definition) is 0. The van der Waals surface area contributed by atoms with Crippen LogP contribution in [0.1, 0.15) is 12.6 Å². The fourth-order valence-corrected chi connectivity index (χ4v) is 2.02. The van der Waals surface area contributed by atoms with Crippen LogP contribution in [0.4, 0.5) is 0 Å². The van der Waals surface area contributed by atoms with Gasteiger partial charge >= 0.3 is 18.9 Å². The maximum atomic E-state index is 2.23. The van der Waals surface area contributed by atoms with E-state index in [1.807, 2.05) is 0 Å². The smallest absolute Gasteiger partial charge is 1.00 e. The van der Waals surface area contributed by atoms with Gasteiger partial charge < -0.3 is 1.43 Å². The zero-order chi connectivity index (χ0) is 8.67. The zero-order valence-corrected chi connectivity index (χ0v) is 8.33. The van der Waals surface area contributed by atoms with Crippen molar-refractivity contribution in [2.75, 3.05) is 0 Å². The first-order valence-electron chi connectivity index (χ1n) is 4.62. The molecular weight excluding hydrogens is 163 g/mol. The Labute approximate surface area is 97.3 Å². The summed E-state index contributed by atoms with van der Waals surface area (Å²) in [5, 5.41) is 2.72. The van der Waals surface area contributed by atoms with Crippen molar-refractivity contribution >= 4 is 16.8 Å². The summed E-state index contributed by atoms with van der Waals surface area (Å²) in [4.78, 5) is 0. The van der Waals surface area contributed by atoms with Crippen molar-refractivity contribution in [3.05, 3.63) is 53.6 Å². The van der Waals surface area contributed by atoms with Crippen LogP contribution in [0.3, 0.4) is 0 Å². The second-order valence-corrected chi connectivity index (χ2v) is 3.47. The Balaban J connectivity index is 0.000000562. The molecule has 0 unspecified atom stereocenters. The van der Waals surface area contributed by atoms with Crippen molar-refractivity contribution in [1.29, 1.82) is 0 Å². The number of fused-ring (bicyclic) bond motifs is 3. The van der Waals surface area contributed by atoms with Gasteiger partial charge in [-0.3, -0.25) is 0 Å². The second kappa shape index (κ2) is 3.65. The summed E-state index contributed by atoms with van der Waals surface area (Å²) in [6.07, 6.45) is 5.56. The fraction of sp³-hybridized carbons (Fsp3) is 0.0769. The van der Waals surface area contributed by atoms with E-state index >= 15 is 0 Å². The Hall–Kier alpha value is -0.963. The van der Waals surface area contributed by atoms with E-state index in [1.165, 1.54) is 21.9 Å². The standard InChI is InChI=1S/C13H10.Li.H/c1-2-6-12-10(4-1)8-9-11-5-3-7-13(11)12;;/h1-4,6-9H,5H2;;/q;+1;-1. The molecule has 1 aliphatic rings. The normalized spacial score (nSPS) is 12.6. The Morgan fingerprint density at radius 1 is 1.00 bits per heavy atom. The van der Waals surface area contributed by atoms with Crippen LogP contribution in [0.15, 0.2) is 42.5 Å². The summed E-state index contributed by atoms with van der Waals surface area (Å²) in [5.41, 5.74) is 2.87. The van der Waals surface area contributed by atoms with Crippen molar-refractivity contribution in [3.8, 4) is 0 Å². The van der Waals surface area contributed by atoms with Crippen molar-refractivity contribution in [3.63, 3.8) is 0 Å². The van der Waals surface area contributed by atoms with E-state index in [2.05, 4.69) is 48.6 Å². The van der Waals surface area contributed by atoms with Crippen LogP contribution in [0.5, 0.6) is 0 Å². The Kier molecular flexibility index (Phi) is 2.50. The Morgan fingerprint density at radius 2 is 1.86 bits per heavy atom. The maximum absolute atomic E-state index is 2.23. The summed E-state index contributed by atoms with van der Waals surface area (Å²) in [7, 11) is 0. The van der Waals surface area contributed by atoms with Crippen molar-refractivity contribution < 1.29 is 20.3 Å². The van der Waals surface area contributed by atoms with Gasteiger partial charge in [0.05, 0.1) is 0 Å². The van der Waals surface area contributed by atoms with E-state index in [0.29, 0.717) is 0 Å². The molecule has 0 bridgehead atoms. The van der Waals surface area contributed by atoms with Crippen LogP contribution in [0.25, 0.3) is 16.8 Å². The van der Waals surface area contributed by atoms with Crippen LogP contribution in [-0.4, -0.2) is 0 Å². The summed E-state index contributed by atoms with van der Waals surface area (Å²) in [6.45, 7) is 0. The molecule has 1 aliphatic carbocycles. The first kappa shape index (κ1) is 9.59. The average molecular weight is 174 g/mol. The van der Waals surface area contributed by atoms with Gasteiger partial charge in [-0.2, -0.15) is 0 Å². The molecule has 1 heteroatoms. The largest absolute Gasteiger partial charge is 1.00 e.